The molecule has 0 saturated carbocycles. The molecule has 0 radical (unpaired) electrons. The Balaban J connectivity index is 4.98. The van der Waals surface area contributed by atoms with E-state index in [-0.39, 0.29) is 4.90 Å². The Labute approximate surface area is 72.1 Å². The maximum Gasteiger partial charge on any atom is 0.245 e. The Morgan fingerprint density at radius 2 is 2.56 bits per heavy atom. The maximum absolute atomic E-state index is 11.3. The fraction of sp³-hybridized carbons (Fsp3) is 0.500. The molecule has 9 heavy (non-hydrogen) atoms. The minimum Gasteiger partial charge on any atom is -0.345 e. The van der Waals surface area contributed by atoms with Crippen molar-refractivity contribution in [3.05, 3.63) is 12.2 Å². The second kappa shape index (κ2) is 4.56. The van der Waals surface area contributed by atoms with Gasteiger partial charge in [-0.3, -0.25) is 4.79 Å². The lowest BCUT2D eigenvalue weighted by molar-refractivity contribution is -0.123. The molecule has 0 unspecified atom stereocenters. The maximum atomic E-state index is 11.3. The Bertz CT molecular complexity index is 243. The molecular formula is C6H10BrNO. The topological polar surface area (TPSA) is 20.3 Å². The van der Waals surface area contributed by atoms with Crippen LogP contribution in [-0.2, 0) is 4.79 Å². The summed E-state index contributed by atoms with van der Waals surface area (Å²) in [5.74, 6) is -1.06. The van der Waals surface area contributed by atoms with Gasteiger partial charge in [-0.2, -0.15) is 0 Å². The van der Waals surface area contributed by atoms with Crippen LogP contribution in [0.5, 0.6) is 0 Å². The number of carbonyl (C=O) groups is 1. The number of alkyl halides is 1. The molecule has 0 saturated heterocycles. The second-order valence-corrected chi connectivity index (χ2v) is 1.88. The number of carbonyl (C=O) groups excluding carboxylic acids is 1. The number of hydrogen-bond acceptors (Lipinski definition) is 1. The van der Waals surface area contributed by atoms with Crippen LogP contribution in [0, 0.1) is 0 Å². The first-order chi connectivity index (χ1) is 6.60. The van der Waals surface area contributed by atoms with Gasteiger partial charge in [0.2, 0.25) is 5.91 Å². The molecule has 0 aliphatic rings. The van der Waals surface area contributed by atoms with Gasteiger partial charge in [0.05, 0.1) is 0 Å². The first kappa shape index (κ1) is 2.74. The third-order valence-corrected chi connectivity index (χ3v) is 0.944. The summed E-state index contributed by atoms with van der Waals surface area (Å²) in [6.45, 7) is -5.95. The van der Waals surface area contributed by atoms with E-state index in [4.69, 9.17) is 8.22 Å². The molecule has 0 bridgehead atoms. The van der Waals surface area contributed by atoms with Crippen molar-refractivity contribution in [2.75, 3.05) is 19.3 Å². The average molecular weight is 198 g/mol. The molecule has 0 aromatic heterocycles. The van der Waals surface area contributed by atoms with Crippen LogP contribution < -0.4 is 0 Å². The average Bonchev–Trinajstić information content (AvgIpc) is 1.94. The van der Waals surface area contributed by atoms with Gasteiger partial charge in [0, 0.05) is 27.5 Å². The quantitative estimate of drug-likeness (QED) is 0.479. The van der Waals surface area contributed by atoms with E-state index >= 15 is 0 Å². The van der Waals surface area contributed by atoms with Gasteiger partial charge in [-0.15, -0.1) is 0 Å². The van der Waals surface area contributed by atoms with Crippen LogP contribution in [0.15, 0.2) is 12.2 Å². The van der Waals surface area contributed by atoms with E-state index in [1.54, 1.807) is 0 Å². The van der Waals surface area contributed by atoms with Gasteiger partial charge in [0.25, 0.3) is 0 Å². The summed E-state index contributed by atoms with van der Waals surface area (Å²) in [7, 11) is 0. The van der Waals surface area contributed by atoms with Crippen molar-refractivity contribution >= 4 is 21.8 Å². The summed E-state index contributed by atoms with van der Waals surface area (Å²) >= 11 is 2.99. The van der Waals surface area contributed by atoms with Gasteiger partial charge < -0.3 is 4.90 Å². The number of amides is 1. The minimum absolute atomic E-state index is 0.0981. The Morgan fingerprint density at radius 1 is 1.89 bits per heavy atom. The molecule has 0 spiro atoms. The van der Waals surface area contributed by atoms with Crippen molar-refractivity contribution in [3.8, 4) is 0 Å². The van der Waals surface area contributed by atoms with Crippen molar-refractivity contribution in [2.45, 2.75) is 0 Å². The van der Waals surface area contributed by atoms with Crippen LogP contribution in [0.3, 0.4) is 0 Å². The van der Waals surface area contributed by atoms with Crippen LogP contribution in [0.4, 0.5) is 0 Å². The number of likely N-dealkylation sites (N-methyl/N-ethyl adjacent to an activating group) is 1. The number of allylic oxidation sites excluding steroid dienone is 1. The number of rotatable bonds is 2. The van der Waals surface area contributed by atoms with E-state index in [0.717, 1.165) is 6.08 Å². The monoisotopic (exact) mass is 197 g/mol. The van der Waals surface area contributed by atoms with Gasteiger partial charge >= 0.3 is 0 Å². The van der Waals surface area contributed by atoms with E-state index in [2.05, 4.69) is 15.9 Å². The third-order valence-electron chi connectivity index (χ3n) is 0.570. The molecule has 0 aliphatic carbocycles. The molecule has 2 nitrogen and oxygen atoms in total. The third kappa shape index (κ3) is 4.21. The Kier molecular flexibility index (Phi) is 1.39. The lowest BCUT2D eigenvalue weighted by Gasteiger charge is -2.04. The SMILES string of the molecule is [2H]C([2H])([2H])N(C(=O)/C=C/CBr)C([2H])([2H])[2H]. The van der Waals surface area contributed by atoms with Crippen LogP contribution >= 0.6 is 15.9 Å². The molecule has 3 heteroatoms. The van der Waals surface area contributed by atoms with E-state index in [1.807, 2.05) is 0 Å². The summed E-state index contributed by atoms with van der Waals surface area (Å²) in [6, 6.07) is 0. The smallest absolute Gasteiger partial charge is 0.245 e. The van der Waals surface area contributed by atoms with Crippen LogP contribution in [-0.4, -0.2) is 30.1 Å². The van der Waals surface area contributed by atoms with Crippen LogP contribution in [0.25, 0.3) is 0 Å². The van der Waals surface area contributed by atoms with E-state index in [9.17, 15) is 4.79 Å². The highest BCUT2D eigenvalue weighted by Crippen LogP contribution is 1.84. The predicted molar refractivity (Wildman–Crippen MR) is 41.6 cm³/mol. The zero-order valence-corrected chi connectivity index (χ0v) is 6.18. The van der Waals surface area contributed by atoms with Gasteiger partial charge in [-0.25, -0.2) is 0 Å². The number of hydrogen-bond donors (Lipinski definition) is 0. The number of nitrogens with zero attached hydrogens (tertiary/aromatic N) is 1. The van der Waals surface area contributed by atoms with E-state index in [0.29, 0.717) is 5.33 Å². The first-order valence-electron chi connectivity index (χ1n) is 5.17. The molecule has 52 valence electrons. The molecule has 1 amide bonds. The van der Waals surface area contributed by atoms with Crippen molar-refractivity contribution in [2.24, 2.45) is 0 Å². The predicted octanol–water partition coefficient (Wildman–Crippen LogP) is 1.03. The standard InChI is InChI=1S/C6H10BrNO/c1-8(2)6(9)4-3-5-7/h3-4H,5H2,1-2H3/b4-3+/i1D3,2D3. The number of halogens is 1. The molecular weight excluding hydrogens is 182 g/mol. The molecule has 0 aliphatic heterocycles. The summed E-state index contributed by atoms with van der Waals surface area (Å²) in [5, 5.41) is 0.342. The van der Waals surface area contributed by atoms with Crippen molar-refractivity contribution in [1.29, 1.82) is 0 Å². The largest absolute Gasteiger partial charge is 0.345 e. The molecule has 0 heterocycles. The molecule has 0 rings (SSSR count). The fourth-order valence-corrected chi connectivity index (χ4v) is 0.407. The van der Waals surface area contributed by atoms with Crippen molar-refractivity contribution < 1.29 is 13.0 Å². The van der Waals surface area contributed by atoms with Gasteiger partial charge in [-0.1, -0.05) is 22.0 Å². The molecule has 0 aromatic rings. The molecule has 0 fully saturated rings. The van der Waals surface area contributed by atoms with Gasteiger partial charge in [0.1, 0.15) is 0 Å². The Hall–Kier alpha value is -0.310. The van der Waals surface area contributed by atoms with Gasteiger partial charge in [-0.05, 0) is 6.08 Å². The zero-order chi connectivity index (χ0) is 12.3. The van der Waals surface area contributed by atoms with Crippen molar-refractivity contribution in [1.82, 2.24) is 4.90 Å². The van der Waals surface area contributed by atoms with Crippen LogP contribution in [0.1, 0.15) is 8.22 Å². The summed E-state index contributed by atoms with van der Waals surface area (Å²) in [4.78, 5) is 11.2. The molecule has 0 aromatic carbocycles. The summed E-state index contributed by atoms with van der Waals surface area (Å²) in [6.07, 6.45) is 2.24. The molecule has 0 atom stereocenters. The summed E-state index contributed by atoms with van der Waals surface area (Å²) < 4.78 is 41.7. The summed E-state index contributed by atoms with van der Waals surface area (Å²) in [5.41, 5.74) is 0. The van der Waals surface area contributed by atoms with E-state index < -0.39 is 19.9 Å². The lowest BCUT2D eigenvalue weighted by atomic mass is 10.5. The van der Waals surface area contributed by atoms with E-state index in [1.165, 1.54) is 6.08 Å². The fourth-order valence-electron chi connectivity index (χ4n) is 0.220. The normalized spacial score (nSPS) is 22.8. The Morgan fingerprint density at radius 3 is 3.00 bits per heavy atom. The van der Waals surface area contributed by atoms with Crippen LogP contribution in [0.2, 0.25) is 0 Å². The van der Waals surface area contributed by atoms with Crippen molar-refractivity contribution in [3.63, 3.8) is 0 Å². The first-order valence-corrected chi connectivity index (χ1v) is 3.29. The zero-order valence-electron chi connectivity index (χ0n) is 10.6. The second-order valence-electron chi connectivity index (χ2n) is 1.23. The minimum atomic E-state index is -2.97. The highest BCUT2D eigenvalue weighted by molar-refractivity contribution is 9.09. The highest BCUT2D eigenvalue weighted by atomic mass is 79.9. The lowest BCUT2D eigenvalue weighted by Crippen LogP contribution is -2.18. The highest BCUT2D eigenvalue weighted by Gasteiger charge is 1.93. The van der Waals surface area contributed by atoms with Gasteiger partial charge in [0.15, 0.2) is 0 Å². The molecule has 0 N–H and O–H groups in total.